The van der Waals surface area contributed by atoms with Gasteiger partial charge in [0, 0.05) is 12.5 Å². The quantitative estimate of drug-likeness (QED) is 0.549. The molecule has 1 saturated heterocycles. The monoisotopic (exact) mass is 227 g/mol. The number of amides is 1. The normalized spacial score (nSPS) is 25.5. The molecule has 5 heteroatoms. The molecule has 16 heavy (non-hydrogen) atoms. The fourth-order valence-electron chi connectivity index (χ4n) is 1.77. The smallest absolute Gasteiger partial charge is 0.326 e. The first kappa shape index (κ1) is 12.7. The molecule has 2 unspecified atom stereocenters. The van der Waals surface area contributed by atoms with Crippen LogP contribution >= 0.6 is 0 Å². The van der Waals surface area contributed by atoms with E-state index in [-0.39, 0.29) is 24.2 Å². The van der Waals surface area contributed by atoms with E-state index in [2.05, 4.69) is 5.32 Å². The van der Waals surface area contributed by atoms with Gasteiger partial charge in [-0.05, 0) is 12.8 Å². The summed E-state index contributed by atoms with van der Waals surface area (Å²) in [5.74, 6) is -3.08. The van der Waals surface area contributed by atoms with Crippen LogP contribution in [0, 0.1) is 17.8 Å². The first-order chi connectivity index (χ1) is 7.49. The molecule has 1 amide bonds. The van der Waals surface area contributed by atoms with E-state index in [0.717, 1.165) is 0 Å². The molecular formula is C11H17NO4. The summed E-state index contributed by atoms with van der Waals surface area (Å²) in [5, 5.41) is 2.57. The SMILES string of the molecule is CCOC(=O)C1C(=O)NCC(C(C)C)C1=O. The highest BCUT2D eigenvalue weighted by Crippen LogP contribution is 2.21. The Morgan fingerprint density at radius 2 is 2.12 bits per heavy atom. The summed E-state index contributed by atoms with van der Waals surface area (Å²) in [7, 11) is 0. The zero-order valence-electron chi connectivity index (χ0n) is 9.78. The van der Waals surface area contributed by atoms with Crippen molar-refractivity contribution in [2.45, 2.75) is 20.8 Å². The summed E-state index contributed by atoms with van der Waals surface area (Å²) in [6.45, 7) is 5.90. The van der Waals surface area contributed by atoms with Crippen molar-refractivity contribution in [2.24, 2.45) is 17.8 Å². The molecule has 0 saturated carbocycles. The van der Waals surface area contributed by atoms with Crippen LogP contribution in [0.3, 0.4) is 0 Å². The number of Topliss-reactive ketones (excluding diaryl/α,β-unsaturated/α-hetero) is 1. The first-order valence-electron chi connectivity index (χ1n) is 5.47. The van der Waals surface area contributed by atoms with Gasteiger partial charge in [-0.1, -0.05) is 13.8 Å². The molecule has 2 atom stereocenters. The number of ether oxygens (including phenoxy) is 1. The van der Waals surface area contributed by atoms with Gasteiger partial charge >= 0.3 is 5.97 Å². The standard InChI is InChI=1S/C11H17NO4/c1-4-16-11(15)8-9(13)7(6(2)3)5-12-10(8)14/h6-8H,4-5H2,1-3H3,(H,12,14). The number of carbonyl (C=O) groups excluding carboxylic acids is 3. The second-order valence-corrected chi connectivity index (χ2v) is 4.18. The van der Waals surface area contributed by atoms with Crippen molar-refractivity contribution in [3.8, 4) is 0 Å². The van der Waals surface area contributed by atoms with Gasteiger partial charge in [0.1, 0.15) is 0 Å². The van der Waals surface area contributed by atoms with E-state index in [1.54, 1.807) is 6.92 Å². The summed E-state index contributed by atoms with van der Waals surface area (Å²) in [6, 6.07) is 0. The Bertz CT molecular complexity index is 311. The first-order valence-corrected chi connectivity index (χ1v) is 5.47. The van der Waals surface area contributed by atoms with Crippen LogP contribution in [0.5, 0.6) is 0 Å². The number of piperidine rings is 1. The van der Waals surface area contributed by atoms with Crippen LogP contribution in [-0.4, -0.2) is 30.8 Å². The van der Waals surface area contributed by atoms with Crippen molar-refractivity contribution in [1.82, 2.24) is 5.32 Å². The molecule has 1 N–H and O–H groups in total. The van der Waals surface area contributed by atoms with Crippen LogP contribution in [0.15, 0.2) is 0 Å². The lowest BCUT2D eigenvalue weighted by atomic mass is 9.81. The number of ketones is 1. The van der Waals surface area contributed by atoms with Gasteiger partial charge in [0.15, 0.2) is 11.7 Å². The van der Waals surface area contributed by atoms with Gasteiger partial charge in [-0.15, -0.1) is 0 Å². The molecule has 0 aromatic carbocycles. The molecule has 1 aliphatic rings. The predicted molar refractivity (Wildman–Crippen MR) is 56.5 cm³/mol. The predicted octanol–water partition coefficient (Wildman–Crippen LogP) is 0.137. The van der Waals surface area contributed by atoms with Gasteiger partial charge in [-0.2, -0.15) is 0 Å². The molecule has 1 fully saturated rings. The molecule has 0 aliphatic carbocycles. The fraction of sp³-hybridized carbons (Fsp3) is 0.727. The van der Waals surface area contributed by atoms with Gasteiger partial charge in [0.05, 0.1) is 6.61 Å². The van der Waals surface area contributed by atoms with Crippen LogP contribution in [0.2, 0.25) is 0 Å². The number of carbonyl (C=O) groups is 3. The third kappa shape index (κ3) is 2.40. The average molecular weight is 227 g/mol. The van der Waals surface area contributed by atoms with Crippen LogP contribution in [0.1, 0.15) is 20.8 Å². The molecule has 1 heterocycles. The van der Waals surface area contributed by atoms with Gasteiger partial charge < -0.3 is 10.1 Å². The summed E-state index contributed by atoms with van der Waals surface area (Å²) >= 11 is 0. The Hall–Kier alpha value is -1.39. The second kappa shape index (κ2) is 5.09. The summed E-state index contributed by atoms with van der Waals surface area (Å²) in [4.78, 5) is 34.9. The molecule has 0 aromatic heterocycles. The van der Waals surface area contributed by atoms with Crippen LogP contribution in [0.25, 0.3) is 0 Å². The van der Waals surface area contributed by atoms with Crippen molar-refractivity contribution in [3.63, 3.8) is 0 Å². The zero-order valence-corrected chi connectivity index (χ0v) is 9.78. The van der Waals surface area contributed by atoms with Crippen molar-refractivity contribution in [3.05, 3.63) is 0 Å². The van der Waals surface area contributed by atoms with E-state index in [9.17, 15) is 14.4 Å². The molecule has 1 aliphatic heterocycles. The summed E-state index contributed by atoms with van der Waals surface area (Å²) in [6.07, 6.45) is 0. The maximum atomic E-state index is 11.9. The van der Waals surface area contributed by atoms with Crippen molar-refractivity contribution >= 4 is 17.7 Å². The fourth-order valence-corrected chi connectivity index (χ4v) is 1.77. The molecule has 0 bridgehead atoms. The minimum absolute atomic E-state index is 0.102. The van der Waals surface area contributed by atoms with Gasteiger partial charge in [-0.3, -0.25) is 14.4 Å². The van der Waals surface area contributed by atoms with Crippen LogP contribution in [0.4, 0.5) is 0 Å². The molecule has 0 aromatic rings. The Labute approximate surface area is 94.5 Å². The highest BCUT2D eigenvalue weighted by Gasteiger charge is 2.43. The molecular weight excluding hydrogens is 210 g/mol. The lowest BCUT2D eigenvalue weighted by Crippen LogP contribution is -2.53. The van der Waals surface area contributed by atoms with E-state index in [0.29, 0.717) is 6.54 Å². The number of nitrogens with one attached hydrogen (secondary N) is 1. The number of rotatable bonds is 3. The lowest BCUT2D eigenvalue weighted by molar-refractivity contribution is -0.158. The van der Waals surface area contributed by atoms with Crippen molar-refractivity contribution in [2.75, 3.05) is 13.2 Å². The number of esters is 1. The zero-order chi connectivity index (χ0) is 12.3. The minimum atomic E-state index is -1.28. The van der Waals surface area contributed by atoms with Gasteiger partial charge in [-0.25, -0.2) is 0 Å². The Balaban J connectivity index is 2.84. The average Bonchev–Trinajstić information content (AvgIpc) is 2.17. The third-order valence-electron chi connectivity index (χ3n) is 2.74. The highest BCUT2D eigenvalue weighted by molar-refractivity contribution is 6.18. The van der Waals surface area contributed by atoms with Gasteiger partial charge in [0.2, 0.25) is 5.91 Å². The Kier molecular flexibility index (Phi) is 4.04. The number of hydrogen-bond acceptors (Lipinski definition) is 4. The van der Waals surface area contributed by atoms with Crippen LogP contribution in [-0.2, 0) is 19.1 Å². The number of hydrogen-bond donors (Lipinski definition) is 1. The molecule has 90 valence electrons. The third-order valence-corrected chi connectivity index (χ3v) is 2.74. The van der Waals surface area contributed by atoms with Crippen molar-refractivity contribution < 1.29 is 19.1 Å². The van der Waals surface area contributed by atoms with Crippen molar-refractivity contribution in [1.29, 1.82) is 0 Å². The lowest BCUT2D eigenvalue weighted by Gasteiger charge is -2.28. The van der Waals surface area contributed by atoms with E-state index in [1.165, 1.54) is 0 Å². The Morgan fingerprint density at radius 1 is 1.50 bits per heavy atom. The van der Waals surface area contributed by atoms with Crippen LogP contribution < -0.4 is 5.32 Å². The summed E-state index contributed by atoms with van der Waals surface area (Å²) in [5.41, 5.74) is 0. The minimum Gasteiger partial charge on any atom is -0.465 e. The van der Waals surface area contributed by atoms with E-state index < -0.39 is 17.8 Å². The molecule has 0 spiro atoms. The largest absolute Gasteiger partial charge is 0.465 e. The van der Waals surface area contributed by atoms with E-state index in [1.807, 2.05) is 13.8 Å². The summed E-state index contributed by atoms with van der Waals surface area (Å²) < 4.78 is 4.73. The second-order valence-electron chi connectivity index (χ2n) is 4.18. The Morgan fingerprint density at radius 3 is 2.62 bits per heavy atom. The topological polar surface area (TPSA) is 72.5 Å². The van der Waals surface area contributed by atoms with Gasteiger partial charge in [0.25, 0.3) is 0 Å². The van der Waals surface area contributed by atoms with E-state index in [4.69, 9.17) is 4.74 Å². The maximum Gasteiger partial charge on any atom is 0.326 e. The molecule has 0 radical (unpaired) electrons. The maximum absolute atomic E-state index is 11.9. The molecule has 5 nitrogen and oxygen atoms in total. The van der Waals surface area contributed by atoms with E-state index >= 15 is 0 Å². The molecule has 1 rings (SSSR count). The highest BCUT2D eigenvalue weighted by atomic mass is 16.5.